The molecule has 0 bridgehead atoms. The first-order valence-electron chi connectivity index (χ1n) is 11.7. The number of methoxy groups -OCH3 is 3. The summed E-state index contributed by atoms with van der Waals surface area (Å²) in [6, 6.07) is 14.5. The summed E-state index contributed by atoms with van der Waals surface area (Å²) in [6.07, 6.45) is 1.46. The van der Waals surface area contributed by atoms with E-state index in [1.54, 1.807) is 26.2 Å². The highest BCUT2D eigenvalue weighted by molar-refractivity contribution is 7.17. The zero-order chi connectivity index (χ0) is 24.4. The maximum absolute atomic E-state index is 11.1. The van der Waals surface area contributed by atoms with Crippen LogP contribution in [0.3, 0.4) is 0 Å². The van der Waals surface area contributed by atoms with Crippen LogP contribution >= 0.6 is 11.3 Å². The minimum atomic E-state index is -0.129. The summed E-state index contributed by atoms with van der Waals surface area (Å²) in [7, 11) is 4.84. The molecular formula is C25H31N5O4S+2. The Morgan fingerprint density at radius 1 is 1.00 bits per heavy atom. The highest BCUT2D eigenvalue weighted by Crippen LogP contribution is 2.42. The summed E-state index contributed by atoms with van der Waals surface area (Å²) in [5.74, 6) is 1.88. The van der Waals surface area contributed by atoms with Gasteiger partial charge in [-0.05, 0) is 12.1 Å². The van der Waals surface area contributed by atoms with Gasteiger partial charge in [0.25, 0.3) is 0 Å². The normalized spacial score (nSPS) is 18.9. The zero-order valence-corrected chi connectivity index (χ0v) is 21.0. The third-order valence-electron chi connectivity index (χ3n) is 6.73. The van der Waals surface area contributed by atoms with Gasteiger partial charge >= 0.3 is 0 Å². The van der Waals surface area contributed by atoms with Crippen LogP contribution in [-0.4, -0.2) is 67.2 Å². The average Bonchev–Trinajstić information content (AvgIpc) is 3.48. The van der Waals surface area contributed by atoms with Gasteiger partial charge in [0, 0.05) is 11.1 Å². The molecule has 3 heterocycles. The second kappa shape index (κ2) is 10.1. The second-order valence-electron chi connectivity index (χ2n) is 8.71. The van der Waals surface area contributed by atoms with Gasteiger partial charge < -0.3 is 29.1 Å². The summed E-state index contributed by atoms with van der Waals surface area (Å²) >= 11 is 1.47. The molecule has 3 N–H and O–H groups in total. The third kappa shape index (κ3) is 4.52. The van der Waals surface area contributed by atoms with Crippen molar-refractivity contribution in [2.24, 2.45) is 0 Å². The highest BCUT2D eigenvalue weighted by atomic mass is 32.1. The van der Waals surface area contributed by atoms with Crippen LogP contribution in [-0.2, 0) is 6.54 Å². The molecule has 1 aliphatic rings. The molecule has 1 atom stereocenters. The Kier molecular flexibility index (Phi) is 6.76. The van der Waals surface area contributed by atoms with Gasteiger partial charge in [0.2, 0.25) is 16.6 Å². The Hall–Kier alpha value is -3.34. The van der Waals surface area contributed by atoms with Gasteiger partial charge in [0.15, 0.2) is 17.5 Å². The van der Waals surface area contributed by atoms with E-state index < -0.39 is 0 Å². The van der Waals surface area contributed by atoms with Crippen LogP contribution in [0, 0.1) is 0 Å². The van der Waals surface area contributed by atoms with E-state index >= 15 is 0 Å². The minimum Gasteiger partial charge on any atom is -0.493 e. The molecule has 1 aliphatic heterocycles. The quantitative estimate of drug-likeness (QED) is 0.331. The van der Waals surface area contributed by atoms with E-state index in [2.05, 4.69) is 40.4 Å². The monoisotopic (exact) mass is 497 g/mol. The molecule has 2 aromatic heterocycles. The predicted octanol–water partition coefficient (Wildman–Crippen LogP) is 0.595. The van der Waals surface area contributed by atoms with E-state index in [1.807, 2.05) is 12.1 Å². The number of piperazine rings is 1. The number of ether oxygens (including phenoxy) is 3. The molecule has 0 unspecified atom stereocenters. The van der Waals surface area contributed by atoms with Gasteiger partial charge in [-0.1, -0.05) is 41.7 Å². The minimum absolute atomic E-state index is 0.129. The van der Waals surface area contributed by atoms with E-state index in [0.717, 1.165) is 43.2 Å². The van der Waals surface area contributed by atoms with Crippen molar-refractivity contribution in [2.45, 2.75) is 12.6 Å². The molecule has 0 aliphatic carbocycles. The van der Waals surface area contributed by atoms with Crippen molar-refractivity contribution in [1.82, 2.24) is 14.6 Å². The first kappa shape index (κ1) is 23.4. The zero-order valence-electron chi connectivity index (χ0n) is 20.2. The number of fused-ring (bicyclic) bond motifs is 1. The Balaban J connectivity index is 1.49. The van der Waals surface area contributed by atoms with Crippen LogP contribution in [0.2, 0.25) is 0 Å². The van der Waals surface area contributed by atoms with Crippen LogP contribution in [0.5, 0.6) is 23.1 Å². The lowest BCUT2D eigenvalue weighted by molar-refractivity contribution is -1.03. The van der Waals surface area contributed by atoms with Gasteiger partial charge in [0.1, 0.15) is 43.9 Å². The molecule has 2 aromatic carbocycles. The average molecular weight is 498 g/mol. The molecule has 35 heavy (non-hydrogen) atoms. The molecule has 0 radical (unpaired) electrons. The van der Waals surface area contributed by atoms with Crippen LogP contribution in [0.4, 0.5) is 0 Å². The lowest BCUT2D eigenvalue weighted by Crippen LogP contribution is -3.27. The fourth-order valence-corrected chi connectivity index (χ4v) is 6.11. The second-order valence-corrected chi connectivity index (χ2v) is 9.72. The molecule has 9 nitrogen and oxygen atoms in total. The van der Waals surface area contributed by atoms with E-state index in [9.17, 15) is 5.11 Å². The van der Waals surface area contributed by atoms with Crippen molar-refractivity contribution in [3.05, 3.63) is 64.8 Å². The van der Waals surface area contributed by atoms with E-state index in [0.29, 0.717) is 22.2 Å². The van der Waals surface area contributed by atoms with Gasteiger partial charge in [-0.25, -0.2) is 4.98 Å². The molecule has 10 heteroatoms. The maximum Gasteiger partial charge on any atom is 0.235 e. The molecule has 184 valence electrons. The molecule has 1 saturated heterocycles. The van der Waals surface area contributed by atoms with Crippen molar-refractivity contribution in [1.29, 1.82) is 0 Å². The number of thiazole rings is 1. The number of nitrogens with zero attached hydrogens (tertiary/aromatic N) is 3. The van der Waals surface area contributed by atoms with E-state index in [-0.39, 0.29) is 11.9 Å². The summed E-state index contributed by atoms with van der Waals surface area (Å²) in [6.45, 7) is 5.00. The number of aromatic hydroxyl groups is 1. The molecule has 4 aromatic rings. The number of hydrogen-bond donors (Lipinski definition) is 3. The van der Waals surface area contributed by atoms with Crippen LogP contribution in [0.15, 0.2) is 48.8 Å². The Morgan fingerprint density at radius 3 is 2.29 bits per heavy atom. The fourth-order valence-electron chi connectivity index (χ4n) is 5.00. The number of hydrogen-bond acceptors (Lipinski definition) is 7. The van der Waals surface area contributed by atoms with Crippen molar-refractivity contribution >= 4 is 16.3 Å². The maximum atomic E-state index is 11.1. The van der Waals surface area contributed by atoms with Crippen molar-refractivity contribution in [2.75, 3.05) is 47.5 Å². The molecule has 0 saturated carbocycles. The van der Waals surface area contributed by atoms with Crippen molar-refractivity contribution in [3.63, 3.8) is 0 Å². The standard InChI is InChI=1S/C25H29N5O4S/c1-32-19-13-18(14-20(33-2)22(19)34-3)21(23-24(31)30-25(35-23)26-16-27-30)29-11-9-28(10-12-29)15-17-7-5-4-6-8-17/h4-8,13-14,16,21,31H,9-12,15H2,1-3H3/p+2/t21-/m1/s1. The number of nitrogens with one attached hydrogen (secondary N) is 2. The van der Waals surface area contributed by atoms with Gasteiger partial charge in [-0.15, -0.1) is 0 Å². The van der Waals surface area contributed by atoms with E-state index in [4.69, 9.17) is 14.2 Å². The number of aromatic nitrogens is 3. The Bertz CT molecular complexity index is 1260. The summed E-state index contributed by atoms with van der Waals surface area (Å²) in [4.78, 5) is 8.74. The van der Waals surface area contributed by atoms with Crippen molar-refractivity contribution < 1.29 is 29.1 Å². The highest BCUT2D eigenvalue weighted by Gasteiger charge is 2.37. The summed E-state index contributed by atoms with van der Waals surface area (Å²) < 4.78 is 18.3. The Labute approximate surface area is 208 Å². The van der Waals surface area contributed by atoms with Crippen LogP contribution in [0.1, 0.15) is 22.0 Å². The first-order valence-corrected chi connectivity index (χ1v) is 12.5. The van der Waals surface area contributed by atoms with Crippen molar-refractivity contribution in [3.8, 4) is 23.1 Å². The lowest BCUT2D eigenvalue weighted by Gasteiger charge is -2.34. The fraction of sp³-hybridized carbons (Fsp3) is 0.360. The lowest BCUT2D eigenvalue weighted by atomic mass is 10.0. The molecular weight excluding hydrogens is 466 g/mol. The Morgan fingerprint density at radius 2 is 1.69 bits per heavy atom. The smallest absolute Gasteiger partial charge is 0.235 e. The first-order chi connectivity index (χ1) is 17.1. The molecule has 5 rings (SSSR count). The summed E-state index contributed by atoms with van der Waals surface area (Å²) in [5.41, 5.74) is 2.34. The number of benzene rings is 2. The molecule has 0 amide bonds. The van der Waals surface area contributed by atoms with Gasteiger partial charge in [-0.2, -0.15) is 9.61 Å². The van der Waals surface area contributed by atoms with Gasteiger partial charge in [0.05, 0.1) is 21.3 Å². The third-order valence-corrected chi connectivity index (χ3v) is 7.82. The van der Waals surface area contributed by atoms with Crippen LogP contribution in [0.25, 0.3) is 4.96 Å². The van der Waals surface area contributed by atoms with Gasteiger partial charge in [-0.3, -0.25) is 0 Å². The largest absolute Gasteiger partial charge is 0.493 e. The van der Waals surface area contributed by atoms with E-state index in [1.165, 1.54) is 32.6 Å². The SMILES string of the molecule is COc1cc([C@H](c2sc3ncnn3c2O)[NH+]2CC[NH+](Cc3ccccc3)CC2)cc(OC)c1OC. The number of rotatable bonds is 8. The topological polar surface area (TPSA) is 87.0 Å². The predicted molar refractivity (Wildman–Crippen MR) is 132 cm³/mol. The van der Waals surface area contributed by atoms with Crippen LogP contribution < -0.4 is 24.0 Å². The molecule has 0 spiro atoms. The number of quaternary nitrogens is 2. The summed E-state index contributed by atoms with van der Waals surface area (Å²) in [5, 5.41) is 15.3. The molecule has 1 fully saturated rings.